The van der Waals surface area contributed by atoms with Gasteiger partial charge in [-0.05, 0) is 44.4 Å². The summed E-state index contributed by atoms with van der Waals surface area (Å²) in [6.07, 6.45) is 10.6. The Hall–Kier alpha value is -2.44. The molecule has 32 heavy (non-hydrogen) atoms. The van der Waals surface area contributed by atoms with Crippen LogP contribution in [0.1, 0.15) is 82.1 Å². The van der Waals surface area contributed by atoms with Crippen molar-refractivity contribution >= 4 is 11.8 Å². The van der Waals surface area contributed by atoms with Crippen molar-refractivity contribution in [3.63, 3.8) is 0 Å². The second kappa shape index (κ2) is 10.0. The number of hydrogen-bond acceptors (Lipinski definition) is 4. The number of aromatic nitrogens is 2. The normalized spacial score (nSPS) is 24.3. The van der Waals surface area contributed by atoms with Crippen LogP contribution in [-0.4, -0.2) is 57.8 Å². The van der Waals surface area contributed by atoms with Gasteiger partial charge < -0.3 is 14.8 Å². The van der Waals surface area contributed by atoms with Crippen molar-refractivity contribution in [1.82, 2.24) is 19.8 Å². The molecule has 0 aromatic carbocycles. The van der Waals surface area contributed by atoms with Crippen molar-refractivity contribution in [3.05, 3.63) is 40.1 Å². The van der Waals surface area contributed by atoms with Gasteiger partial charge in [0.2, 0.25) is 11.8 Å². The van der Waals surface area contributed by atoms with Crippen LogP contribution < -0.4 is 5.56 Å². The summed E-state index contributed by atoms with van der Waals surface area (Å²) in [5.41, 5.74) is 0.688. The van der Waals surface area contributed by atoms with E-state index in [0.717, 1.165) is 56.6 Å². The molecule has 174 valence electrons. The predicted molar refractivity (Wildman–Crippen MR) is 123 cm³/mol. The Labute approximate surface area is 190 Å². The molecule has 1 aromatic heterocycles. The number of hydrogen-bond donors (Lipinski definition) is 1. The number of nitrogens with one attached hydrogen (secondary N) is 1. The average molecular weight is 441 g/mol. The summed E-state index contributed by atoms with van der Waals surface area (Å²) >= 11 is 0. The standard InChI is InChI=1S/C25H36N4O3/c1-17(2)25(32)28-12-9-19(10-13-28)24-26-21(15-22(30)27-24)20-8-5-11-29(16-20)23(31)14-18-6-3-4-7-18/h3,6,15,17-20H,4-5,7-14,16H2,1-2H3,(H,26,27,30)/t18-,20-/m0/s1. The molecule has 2 saturated heterocycles. The van der Waals surface area contributed by atoms with E-state index in [1.54, 1.807) is 6.07 Å². The number of H-pyrrole nitrogens is 1. The quantitative estimate of drug-likeness (QED) is 0.713. The molecule has 7 nitrogen and oxygen atoms in total. The van der Waals surface area contributed by atoms with Crippen molar-refractivity contribution in [3.8, 4) is 0 Å². The van der Waals surface area contributed by atoms with Crippen LogP contribution in [0.3, 0.4) is 0 Å². The topological polar surface area (TPSA) is 86.4 Å². The number of aromatic amines is 1. The fraction of sp³-hybridized carbons (Fsp3) is 0.680. The number of nitrogens with zero attached hydrogens (tertiary/aromatic N) is 3. The first kappa shape index (κ1) is 22.7. The minimum absolute atomic E-state index is 0.00876. The van der Waals surface area contributed by atoms with Gasteiger partial charge in [-0.2, -0.15) is 0 Å². The minimum atomic E-state index is -0.120. The Morgan fingerprint density at radius 3 is 2.56 bits per heavy atom. The molecular weight excluding hydrogens is 404 g/mol. The number of amides is 2. The molecule has 0 radical (unpaired) electrons. The molecule has 2 fully saturated rings. The third-order valence-electron chi connectivity index (χ3n) is 7.21. The fourth-order valence-electron chi connectivity index (χ4n) is 5.30. The molecule has 2 amide bonds. The van der Waals surface area contributed by atoms with E-state index in [1.807, 2.05) is 23.6 Å². The Kier molecular flexibility index (Phi) is 7.11. The predicted octanol–water partition coefficient (Wildman–Crippen LogP) is 3.19. The zero-order valence-corrected chi connectivity index (χ0v) is 19.4. The van der Waals surface area contributed by atoms with Crippen molar-refractivity contribution in [2.24, 2.45) is 11.8 Å². The minimum Gasteiger partial charge on any atom is -0.342 e. The van der Waals surface area contributed by atoms with Gasteiger partial charge in [-0.15, -0.1) is 0 Å². The van der Waals surface area contributed by atoms with Crippen LogP contribution in [-0.2, 0) is 9.59 Å². The number of carbonyl (C=O) groups is 2. The van der Waals surface area contributed by atoms with Gasteiger partial charge in [-0.3, -0.25) is 14.4 Å². The van der Waals surface area contributed by atoms with Gasteiger partial charge in [0.15, 0.2) is 0 Å². The van der Waals surface area contributed by atoms with Crippen LogP contribution in [0.5, 0.6) is 0 Å². The van der Waals surface area contributed by atoms with Crippen LogP contribution in [0.2, 0.25) is 0 Å². The van der Waals surface area contributed by atoms with E-state index in [4.69, 9.17) is 4.98 Å². The Balaban J connectivity index is 1.41. The second-order valence-corrected chi connectivity index (χ2v) is 9.96. The number of allylic oxidation sites excluding steroid dienone is 2. The van der Waals surface area contributed by atoms with Crippen molar-refractivity contribution in [1.29, 1.82) is 0 Å². The Morgan fingerprint density at radius 1 is 1.09 bits per heavy atom. The lowest BCUT2D eigenvalue weighted by Gasteiger charge is -2.34. The van der Waals surface area contributed by atoms with E-state index in [9.17, 15) is 14.4 Å². The lowest BCUT2D eigenvalue weighted by atomic mass is 9.92. The molecule has 0 spiro atoms. The van der Waals surface area contributed by atoms with Crippen LogP contribution in [0.4, 0.5) is 0 Å². The van der Waals surface area contributed by atoms with Crippen molar-refractivity contribution in [2.75, 3.05) is 26.2 Å². The van der Waals surface area contributed by atoms with Crippen LogP contribution in [0.15, 0.2) is 23.0 Å². The molecule has 1 aliphatic carbocycles. The Bertz CT molecular complexity index is 914. The molecule has 1 aromatic rings. The van der Waals surface area contributed by atoms with Crippen molar-refractivity contribution < 1.29 is 9.59 Å². The second-order valence-electron chi connectivity index (χ2n) is 9.96. The molecule has 7 heteroatoms. The molecule has 3 aliphatic rings. The maximum absolute atomic E-state index is 12.8. The lowest BCUT2D eigenvalue weighted by Crippen LogP contribution is -2.41. The van der Waals surface area contributed by atoms with E-state index in [-0.39, 0.29) is 35.1 Å². The highest BCUT2D eigenvalue weighted by Gasteiger charge is 2.30. The number of piperidine rings is 2. The number of likely N-dealkylation sites (tertiary alicyclic amines) is 2. The molecule has 2 aliphatic heterocycles. The zero-order valence-electron chi connectivity index (χ0n) is 19.4. The highest BCUT2D eigenvalue weighted by atomic mass is 16.2. The number of rotatable bonds is 5. The highest BCUT2D eigenvalue weighted by Crippen LogP contribution is 2.30. The van der Waals surface area contributed by atoms with Gasteiger partial charge >= 0.3 is 0 Å². The first-order chi connectivity index (χ1) is 15.4. The van der Waals surface area contributed by atoms with Gasteiger partial charge in [-0.25, -0.2) is 4.98 Å². The van der Waals surface area contributed by atoms with E-state index in [0.29, 0.717) is 32.0 Å². The van der Waals surface area contributed by atoms with E-state index in [2.05, 4.69) is 17.1 Å². The van der Waals surface area contributed by atoms with Gasteiger partial charge in [0.25, 0.3) is 5.56 Å². The summed E-state index contributed by atoms with van der Waals surface area (Å²) in [7, 11) is 0. The lowest BCUT2D eigenvalue weighted by molar-refractivity contribution is -0.135. The molecule has 1 N–H and O–H groups in total. The maximum atomic E-state index is 12.8. The Morgan fingerprint density at radius 2 is 1.88 bits per heavy atom. The van der Waals surface area contributed by atoms with Gasteiger partial charge in [-0.1, -0.05) is 26.0 Å². The van der Waals surface area contributed by atoms with E-state index in [1.165, 1.54) is 0 Å². The fourth-order valence-corrected chi connectivity index (χ4v) is 5.30. The van der Waals surface area contributed by atoms with Gasteiger partial charge in [0.05, 0.1) is 5.69 Å². The van der Waals surface area contributed by atoms with E-state index >= 15 is 0 Å². The number of carbonyl (C=O) groups excluding carboxylic acids is 2. The average Bonchev–Trinajstić information content (AvgIpc) is 3.31. The first-order valence-corrected chi connectivity index (χ1v) is 12.2. The molecule has 4 rings (SSSR count). The van der Waals surface area contributed by atoms with Crippen LogP contribution in [0, 0.1) is 11.8 Å². The van der Waals surface area contributed by atoms with Crippen LogP contribution >= 0.6 is 0 Å². The SMILES string of the molecule is CC(C)C(=O)N1CCC(c2nc([C@H]3CCCN(C(=O)C[C@H]4C=CCC4)C3)cc(=O)[nH]2)CC1. The maximum Gasteiger partial charge on any atom is 0.251 e. The highest BCUT2D eigenvalue weighted by molar-refractivity contribution is 5.78. The van der Waals surface area contributed by atoms with Gasteiger partial charge in [0, 0.05) is 56.4 Å². The molecule has 2 atom stereocenters. The third kappa shape index (κ3) is 5.30. The third-order valence-corrected chi connectivity index (χ3v) is 7.21. The molecule has 0 bridgehead atoms. The smallest absolute Gasteiger partial charge is 0.251 e. The summed E-state index contributed by atoms with van der Waals surface area (Å²) in [6.45, 7) is 6.71. The summed E-state index contributed by atoms with van der Waals surface area (Å²) in [5.74, 6) is 1.81. The summed E-state index contributed by atoms with van der Waals surface area (Å²) < 4.78 is 0. The zero-order chi connectivity index (χ0) is 22.7. The monoisotopic (exact) mass is 440 g/mol. The van der Waals surface area contributed by atoms with Crippen LogP contribution in [0.25, 0.3) is 0 Å². The summed E-state index contributed by atoms with van der Waals surface area (Å²) in [6, 6.07) is 1.61. The van der Waals surface area contributed by atoms with E-state index < -0.39 is 0 Å². The largest absolute Gasteiger partial charge is 0.342 e. The van der Waals surface area contributed by atoms with Gasteiger partial charge in [0.1, 0.15) is 5.82 Å². The first-order valence-electron chi connectivity index (χ1n) is 12.2. The molecule has 3 heterocycles. The molecule has 0 saturated carbocycles. The molecule has 0 unspecified atom stereocenters. The summed E-state index contributed by atoms with van der Waals surface area (Å²) in [4.78, 5) is 49.3. The summed E-state index contributed by atoms with van der Waals surface area (Å²) in [5, 5.41) is 0. The molecular formula is C25H36N4O3. The van der Waals surface area contributed by atoms with Crippen molar-refractivity contribution in [2.45, 2.75) is 70.6 Å².